The molecule has 2 rings (SSSR count). The first-order valence-corrected chi connectivity index (χ1v) is 7.38. The molecule has 0 spiro atoms. The number of aromatic hydroxyl groups is 1. The van der Waals surface area contributed by atoms with Crippen LogP contribution in [-0.2, 0) is 4.79 Å². The molecule has 1 aliphatic rings. The number of carbonyl (C=O) groups is 2. The first-order chi connectivity index (χ1) is 9.88. The van der Waals surface area contributed by atoms with Gasteiger partial charge in [0.15, 0.2) is 0 Å². The molecule has 0 unspecified atom stereocenters. The van der Waals surface area contributed by atoms with Crippen molar-refractivity contribution in [1.82, 2.24) is 10.2 Å². The molecule has 1 aromatic carbocycles. The van der Waals surface area contributed by atoms with Crippen LogP contribution in [0.1, 0.15) is 30.1 Å². The van der Waals surface area contributed by atoms with Crippen molar-refractivity contribution in [1.29, 1.82) is 0 Å². The summed E-state index contributed by atoms with van der Waals surface area (Å²) in [5, 5.41) is 13.1. The fraction of sp³-hybridized carbons (Fsp3) is 0.429. The van der Waals surface area contributed by atoms with Crippen LogP contribution in [0.15, 0.2) is 12.1 Å². The standard InChI is InChI=1S/C14H16Cl2N2O3/c1-8(19)17-10-3-2-4-18(7-10)14(21)13-11(16)5-9(15)6-12(13)20/h5-6,10,20H,2-4,7H2,1H3,(H,17,19)/t10-/m0/s1. The van der Waals surface area contributed by atoms with Crippen LogP contribution in [0.25, 0.3) is 0 Å². The normalized spacial score (nSPS) is 18.4. The van der Waals surface area contributed by atoms with Gasteiger partial charge in [0.25, 0.3) is 5.91 Å². The van der Waals surface area contributed by atoms with Gasteiger partial charge in [-0.15, -0.1) is 0 Å². The van der Waals surface area contributed by atoms with E-state index in [1.165, 1.54) is 19.1 Å². The van der Waals surface area contributed by atoms with Gasteiger partial charge in [-0.25, -0.2) is 0 Å². The van der Waals surface area contributed by atoms with E-state index < -0.39 is 0 Å². The summed E-state index contributed by atoms with van der Waals surface area (Å²) in [6.45, 7) is 2.41. The van der Waals surface area contributed by atoms with Crippen LogP contribution >= 0.6 is 23.2 Å². The van der Waals surface area contributed by atoms with Crippen molar-refractivity contribution in [3.63, 3.8) is 0 Å². The number of rotatable bonds is 2. The highest BCUT2D eigenvalue weighted by Gasteiger charge is 2.28. The van der Waals surface area contributed by atoms with E-state index in [-0.39, 0.29) is 39.2 Å². The lowest BCUT2D eigenvalue weighted by Crippen LogP contribution is -2.49. The van der Waals surface area contributed by atoms with Gasteiger partial charge in [-0.2, -0.15) is 0 Å². The van der Waals surface area contributed by atoms with Crippen molar-refractivity contribution in [2.45, 2.75) is 25.8 Å². The van der Waals surface area contributed by atoms with Crippen LogP contribution < -0.4 is 5.32 Å². The Morgan fingerprint density at radius 2 is 2.10 bits per heavy atom. The summed E-state index contributed by atoms with van der Waals surface area (Å²) >= 11 is 11.8. The monoisotopic (exact) mass is 330 g/mol. The number of piperidine rings is 1. The van der Waals surface area contributed by atoms with Crippen molar-refractivity contribution in [3.8, 4) is 5.75 Å². The summed E-state index contributed by atoms with van der Waals surface area (Å²) in [6, 6.07) is 2.63. The molecular formula is C14H16Cl2N2O3. The average molecular weight is 331 g/mol. The van der Waals surface area contributed by atoms with E-state index in [4.69, 9.17) is 23.2 Å². The van der Waals surface area contributed by atoms with Gasteiger partial charge in [0, 0.05) is 31.1 Å². The van der Waals surface area contributed by atoms with Crippen LogP contribution in [0.2, 0.25) is 10.0 Å². The van der Waals surface area contributed by atoms with Crippen LogP contribution in [0, 0.1) is 0 Å². The number of hydrogen-bond acceptors (Lipinski definition) is 3. The maximum Gasteiger partial charge on any atom is 0.259 e. The zero-order valence-corrected chi connectivity index (χ0v) is 13.0. The van der Waals surface area contributed by atoms with Gasteiger partial charge >= 0.3 is 0 Å². The largest absolute Gasteiger partial charge is 0.507 e. The van der Waals surface area contributed by atoms with E-state index in [0.717, 1.165) is 12.8 Å². The Kier molecular flexibility index (Phi) is 4.96. The number of nitrogens with one attached hydrogen (secondary N) is 1. The van der Waals surface area contributed by atoms with Crippen molar-refractivity contribution in [2.24, 2.45) is 0 Å². The van der Waals surface area contributed by atoms with Gasteiger partial charge < -0.3 is 15.3 Å². The van der Waals surface area contributed by atoms with Gasteiger partial charge in [0.05, 0.1) is 10.6 Å². The van der Waals surface area contributed by atoms with E-state index >= 15 is 0 Å². The molecule has 0 bridgehead atoms. The molecule has 1 saturated heterocycles. The number of phenols is 1. The van der Waals surface area contributed by atoms with Crippen molar-refractivity contribution in [3.05, 3.63) is 27.7 Å². The molecular weight excluding hydrogens is 315 g/mol. The number of amides is 2. The van der Waals surface area contributed by atoms with E-state index in [9.17, 15) is 14.7 Å². The third kappa shape index (κ3) is 3.80. The van der Waals surface area contributed by atoms with E-state index in [0.29, 0.717) is 13.1 Å². The quantitative estimate of drug-likeness (QED) is 0.874. The maximum atomic E-state index is 12.5. The Bertz CT molecular complexity index is 554. The SMILES string of the molecule is CC(=O)N[C@H]1CCCN(C(=O)c2c(O)cc(Cl)cc2Cl)C1. The van der Waals surface area contributed by atoms with Gasteiger partial charge in [0.2, 0.25) is 5.91 Å². The Morgan fingerprint density at radius 1 is 1.38 bits per heavy atom. The Hall–Kier alpha value is -1.46. The minimum atomic E-state index is -0.357. The number of likely N-dealkylation sites (tertiary alicyclic amines) is 1. The molecule has 1 heterocycles. The van der Waals surface area contributed by atoms with Crippen LogP contribution in [0.4, 0.5) is 0 Å². The summed E-state index contributed by atoms with van der Waals surface area (Å²) in [5.41, 5.74) is 0.0459. The maximum absolute atomic E-state index is 12.5. The molecule has 7 heteroatoms. The zero-order valence-electron chi connectivity index (χ0n) is 11.5. The number of benzene rings is 1. The molecule has 0 aliphatic carbocycles. The average Bonchev–Trinajstić information content (AvgIpc) is 2.36. The predicted octanol–water partition coefficient (Wildman–Crippen LogP) is 2.44. The highest BCUT2D eigenvalue weighted by molar-refractivity contribution is 6.37. The van der Waals surface area contributed by atoms with Crippen LogP contribution in [0.5, 0.6) is 5.75 Å². The third-order valence-electron chi connectivity index (χ3n) is 3.36. The topological polar surface area (TPSA) is 69.6 Å². The summed E-state index contributed by atoms with van der Waals surface area (Å²) in [4.78, 5) is 25.2. The van der Waals surface area contributed by atoms with Crippen molar-refractivity contribution in [2.75, 3.05) is 13.1 Å². The second kappa shape index (κ2) is 6.54. The fourth-order valence-electron chi connectivity index (χ4n) is 2.50. The molecule has 114 valence electrons. The van der Waals surface area contributed by atoms with Gasteiger partial charge in [-0.3, -0.25) is 9.59 Å². The van der Waals surface area contributed by atoms with Crippen LogP contribution in [0.3, 0.4) is 0 Å². The lowest BCUT2D eigenvalue weighted by molar-refractivity contribution is -0.120. The number of nitrogens with zero attached hydrogens (tertiary/aromatic N) is 1. The number of phenolic OH excluding ortho intramolecular Hbond substituents is 1. The molecule has 0 saturated carbocycles. The Balaban J connectivity index is 2.18. The van der Waals surface area contributed by atoms with Crippen LogP contribution in [-0.4, -0.2) is 41.0 Å². The summed E-state index contributed by atoms with van der Waals surface area (Å²) < 4.78 is 0. The first-order valence-electron chi connectivity index (χ1n) is 6.63. The predicted molar refractivity (Wildman–Crippen MR) is 80.9 cm³/mol. The minimum absolute atomic E-state index is 0.0459. The number of hydrogen-bond donors (Lipinski definition) is 2. The highest BCUT2D eigenvalue weighted by atomic mass is 35.5. The molecule has 0 radical (unpaired) electrons. The molecule has 1 fully saturated rings. The van der Waals surface area contributed by atoms with E-state index in [2.05, 4.69) is 5.32 Å². The summed E-state index contributed by atoms with van der Waals surface area (Å²) in [5.74, 6) is -0.718. The fourth-order valence-corrected chi connectivity index (χ4v) is 3.06. The summed E-state index contributed by atoms with van der Waals surface area (Å²) in [7, 11) is 0. The van der Waals surface area contributed by atoms with Crippen molar-refractivity contribution >= 4 is 35.0 Å². The zero-order chi connectivity index (χ0) is 15.6. The lowest BCUT2D eigenvalue weighted by atomic mass is 10.0. The molecule has 0 aromatic heterocycles. The lowest BCUT2D eigenvalue weighted by Gasteiger charge is -2.33. The number of halogens is 2. The molecule has 2 amide bonds. The Labute approximate surface area is 132 Å². The molecule has 1 aliphatic heterocycles. The molecule has 1 atom stereocenters. The third-order valence-corrected chi connectivity index (χ3v) is 3.88. The molecule has 2 N–H and O–H groups in total. The summed E-state index contributed by atoms with van der Waals surface area (Å²) in [6.07, 6.45) is 1.60. The number of carbonyl (C=O) groups excluding carboxylic acids is 2. The smallest absolute Gasteiger partial charge is 0.259 e. The van der Waals surface area contributed by atoms with Gasteiger partial charge in [-0.1, -0.05) is 23.2 Å². The molecule has 5 nitrogen and oxygen atoms in total. The first kappa shape index (κ1) is 15.9. The highest BCUT2D eigenvalue weighted by Crippen LogP contribution is 2.31. The van der Waals surface area contributed by atoms with E-state index in [1.807, 2.05) is 0 Å². The second-order valence-corrected chi connectivity index (χ2v) is 5.92. The Morgan fingerprint density at radius 3 is 2.71 bits per heavy atom. The molecule has 21 heavy (non-hydrogen) atoms. The van der Waals surface area contributed by atoms with E-state index in [1.54, 1.807) is 4.90 Å². The molecule has 1 aromatic rings. The van der Waals surface area contributed by atoms with Gasteiger partial charge in [0.1, 0.15) is 5.75 Å². The van der Waals surface area contributed by atoms with Gasteiger partial charge in [-0.05, 0) is 25.0 Å². The van der Waals surface area contributed by atoms with Crippen molar-refractivity contribution < 1.29 is 14.7 Å². The second-order valence-electron chi connectivity index (χ2n) is 5.07. The minimum Gasteiger partial charge on any atom is -0.507 e.